The van der Waals surface area contributed by atoms with Crippen LogP contribution in [0, 0.1) is 5.92 Å². The normalized spacial score (nSPS) is 17.9. The van der Waals surface area contributed by atoms with E-state index in [0.717, 1.165) is 12.3 Å². The third-order valence-corrected chi connectivity index (χ3v) is 4.07. The van der Waals surface area contributed by atoms with Crippen molar-refractivity contribution in [2.45, 2.75) is 50.3 Å². The molecule has 5 nitrogen and oxygen atoms in total. The molecule has 0 radical (unpaired) electrons. The molecule has 6 heteroatoms. The van der Waals surface area contributed by atoms with Gasteiger partial charge in [-0.2, -0.15) is 0 Å². The Kier molecular flexibility index (Phi) is 4.09. The van der Waals surface area contributed by atoms with Crippen molar-refractivity contribution in [3.63, 3.8) is 0 Å². The molecule has 0 bridgehead atoms. The van der Waals surface area contributed by atoms with Crippen LogP contribution in [0.5, 0.6) is 0 Å². The molecule has 3 N–H and O–H groups in total. The van der Waals surface area contributed by atoms with Gasteiger partial charge in [0.05, 0.1) is 6.54 Å². The van der Waals surface area contributed by atoms with Gasteiger partial charge < -0.3 is 9.73 Å². The zero-order valence-electron chi connectivity index (χ0n) is 10.6. The first-order valence-electron chi connectivity index (χ1n) is 6.34. The number of hydrogen-bond acceptors (Lipinski definition) is 4. The molecule has 1 fully saturated rings. The van der Waals surface area contributed by atoms with Crippen LogP contribution in [0.3, 0.4) is 0 Å². The second-order valence-electron chi connectivity index (χ2n) is 4.93. The minimum absolute atomic E-state index is 0.172. The van der Waals surface area contributed by atoms with Crippen LogP contribution in [0.15, 0.2) is 21.6 Å². The zero-order chi connectivity index (χ0) is 13.2. The maximum Gasteiger partial charge on any atom is 0.271 e. The second-order valence-corrected chi connectivity index (χ2v) is 6.42. The average molecular weight is 272 g/mol. The Morgan fingerprint density at radius 2 is 2.22 bits per heavy atom. The summed E-state index contributed by atoms with van der Waals surface area (Å²) >= 11 is 0. The van der Waals surface area contributed by atoms with Crippen LogP contribution in [-0.2, 0) is 16.6 Å². The lowest BCUT2D eigenvalue weighted by molar-refractivity contribution is 0.374. The van der Waals surface area contributed by atoms with Crippen LogP contribution in [0.2, 0.25) is 0 Å². The van der Waals surface area contributed by atoms with Gasteiger partial charge in [0.1, 0.15) is 5.76 Å². The van der Waals surface area contributed by atoms with Gasteiger partial charge in [0.15, 0.2) is 0 Å². The summed E-state index contributed by atoms with van der Waals surface area (Å²) in [6, 6.07) is 3.52. The van der Waals surface area contributed by atoms with Crippen LogP contribution < -0.4 is 10.5 Å². The molecule has 18 heavy (non-hydrogen) atoms. The number of hydrogen-bond donors (Lipinski definition) is 2. The molecular formula is C12H20N2O3S. The van der Waals surface area contributed by atoms with Crippen molar-refractivity contribution in [3.8, 4) is 0 Å². The molecule has 1 aromatic rings. The summed E-state index contributed by atoms with van der Waals surface area (Å²) in [5, 5.41) is 8.21. The highest BCUT2D eigenvalue weighted by molar-refractivity contribution is 7.89. The number of nitrogens with one attached hydrogen (secondary N) is 1. The lowest BCUT2D eigenvalue weighted by atomic mass is 10.1. The number of sulfonamides is 1. The summed E-state index contributed by atoms with van der Waals surface area (Å²) in [4.78, 5) is 0. The molecule has 1 saturated carbocycles. The van der Waals surface area contributed by atoms with Crippen LogP contribution in [0.25, 0.3) is 0 Å². The van der Waals surface area contributed by atoms with Gasteiger partial charge in [0.25, 0.3) is 10.0 Å². The molecule has 2 rings (SSSR count). The van der Waals surface area contributed by atoms with Gasteiger partial charge in [0.2, 0.25) is 5.09 Å². The highest BCUT2D eigenvalue weighted by atomic mass is 32.2. The Hall–Kier alpha value is -0.850. The molecule has 1 heterocycles. The van der Waals surface area contributed by atoms with E-state index in [1.54, 1.807) is 6.07 Å². The summed E-state index contributed by atoms with van der Waals surface area (Å²) < 4.78 is 27.3. The van der Waals surface area contributed by atoms with Gasteiger partial charge >= 0.3 is 0 Å². The molecule has 0 aliphatic heterocycles. The predicted molar refractivity (Wildman–Crippen MR) is 68.3 cm³/mol. The Morgan fingerprint density at radius 3 is 2.72 bits per heavy atom. The minimum atomic E-state index is -3.73. The highest BCUT2D eigenvalue weighted by Crippen LogP contribution is 2.34. The van der Waals surface area contributed by atoms with E-state index in [2.05, 4.69) is 12.2 Å². The van der Waals surface area contributed by atoms with E-state index in [1.807, 2.05) is 0 Å². The third kappa shape index (κ3) is 3.83. The maximum absolute atomic E-state index is 11.1. The third-order valence-electron chi connectivity index (χ3n) is 3.29. The van der Waals surface area contributed by atoms with Crippen LogP contribution in [-0.4, -0.2) is 14.5 Å². The van der Waals surface area contributed by atoms with E-state index in [-0.39, 0.29) is 5.09 Å². The Bertz CT molecular complexity index is 491. The van der Waals surface area contributed by atoms with Crippen molar-refractivity contribution in [2.75, 3.05) is 0 Å². The van der Waals surface area contributed by atoms with E-state index in [4.69, 9.17) is 9.56 Å². The van der Waals surface area contributed by atoms with Gasteiger partial charge in [-0.3, -0.25) is 0 Å². The van der Waals surface area contributed by atoms with Gasteiger partial charge in [-0.1, -0.05) is 19.8 Å². The van der Waals surface area contributed by atoms with Crippen molar-refractivity contribution < 1.29 is 12.8 Å². The molecule has 0 aromatic carbocycles. The number of nitrogens with two attached hydrogens (primary N) is 1. The minimum Gasteiger partial charge on any atom is -0.447 e. The molecule has 1 aromatic heterocycles. The van der Waals surface area contributed by atoms with Gasteiger partial charge in [0, 0.05) is 6.04 Å². The lowest BCUT2D eigenvalue weighted by Crippen LogP contribution is -2.28. The largest absolute Gasteiger partial charge is 0.447 e. The molecule has 1 aliphatic rings. The standard InChI is InChI=1S/C12H20N2O3S/c1-2-10(7-9-3-4-9)14-8-11-5-6-12(17-11)18(13,15)16/h5-6,9-10,14H,2-4,7-8H2,1H3,(H2,13,15,16). The van der Waals surface area contributed by atoms with Crippen molar-refractivity contribution in [2.24, 2.45) is 11.1 Å². The van der Waals surface area contributed by atoms with Crippen molar-refractivity contribution in [1.29, 1.82) is 0 Å². The maximum atomic E-state index is 11.1. The fraction of sp³-hybridized carbons (Fsp3) is 0.667. The summed E-state index contributed by atoms with van der Waals surface area (Å²) in [5.41, 5.74) is 0. The zero-order valence-corrected chi connectivity index (χ0v) is 11.4. The van der Waals surface area contributed by atoms with E-state index in [0.29, 0.717) is 18.3 Å². The highest BCUT2D eigenvalue weighted by Gasteiger charge is 2.24. The number of primary sulfonamides is 1. The smallest absolute Gasteiger partial charge is 0.271 e. The number of rotatable bonds is 7. The molecule has 0 spiro atoms. The Labute approximate surface area is 108 Å². The van der Waals surface area contributed by atoms with E-state index < -0.39 is 10.0 Å². The Balaban J connectivity index is 1.86. The average Bonchev–Trinajstić information content (AvgIpc) is 2.97. The van der Waals surface area contributed by atoms with E-state index in [1.165, 1.54) is 25.3 Å². The summed E-state index contributed by atoms with van der Waals surface area (Å²) in [7, 11) is -3.73. The predicted octanol–water partition coefficient (Wildman–Crippen LogP) is 1.60. The van der Waals surface area contributed by atoms with Crippen molar-refractivity contribution in [3.05, 3.63) is 17.9 Å². The molecule has 0 amide bonds. The Morgan fingerprint density at radius 1 is 1.50 bits per heavy atom. The van der Waals surface area contributed by atoms with Crippen LogP contribution in [0.1, 0.15) is 38.4 Å². The summed E-state index contributed by atoms with van der Waals surface area (Å²) in [6.45, 7) is 2.69. The number of furan rings is 1. The molecule has 1 aliphatic carbocycles. The van der Waals surface area contributed by atoms with E-state index >= 15 is 0 Å². The van der Waals surface area contributed by atoms with Crippen molar-refractivity contribution >= 4 is 10.0 Å². The van der Waals surface area contributed by atoms with Crippen LogP contribution in [0.4, 0.5) is 0 Å². The van der Waals surface area contributed by atoms with Gasteiger partial charge in [-0.25, -0.2) is 13.6 Å². The quantitative estimate of drug-likeness (QED) is 0.789. The molecule has 1 atom stereocenters. The topological polar surface area (TPSA) is 85.3 Å². The monoisotopic (exact) mass is 272 g/mol. The molecule has 102 valence electrons. The molecular weight excluding hydrogens is 252 g/mol. The first-order valence-corrected chi connectivity index (χ1v) is 7.88. The van der Waals surface area contributed by atoms with Crippen LogP contribution >= 0.6 is 0 Å². The lowest BCUT2D eigenvalue weighted by Gasteiger charge is -2.15. The second kappa shape index (κ2) is 5.42. The fourth-order valence-corrected chi connectivity index (χ4v) is 2.48. The SMILES string of the molecule is CCC(CC1CC1)NCc1ccc(S(N)(=O)=O)o1. The van der Waals surface area contributed by atoms with E-state index in [9.17, 15) is 8.42 Å². The molecule has 0 saturated heterocycles. The summed E-state index contributed by atoms with van der Waals surface area (Å²) in [5.74, 6) is 1.48. The molecule has 1 unspecified atom stereocenters. The van der Waals surface area contributed by atoms with Gasteiger partial charge in [-0.05, 0) is 30.9 Å². The van der Waals surface area contributed by atoms with Gasteiger partial charge in [-0.15, -0.1) is 0 Å². The first-order chi connectivity index (χ1) is 8.49. The first kappa shape index (κ1) is 13.6. The van der Waals surface area contributed by atoms with Crippen molar-refractivity contribution in [1.82, 2.24) is 5.32 Å². The fourth-order valence-electron chi connectivity index (χ4n) is 2.00. The summed E-state index contributed by atoms with van der Waals surface area (Å²) in [6.07, 6.45) is 4.95.